The zero-order valence-corrected chi connectivity index (χ0v) is 13.0. The molecule has 5 nitrogen and oxygen atoms in total. The average molecular weight is 305 g/mol. The average Bonchev–Trinajstić information content (AvgIpc) is 2.36. The number of nitrogens with zero attached hydrogens (tertiary/aromatic N) is 2. The minimum absolute atomic E-state index is 0.0447. The van der Waals surface area contributed by atoms with Gasteiger partial charge < -0.3 is 9.64 Å². The molecule has 1 aromatic carbocycles. The summed E-state index contributed by atoms with van der Waals surface area (Å²) >= 11 is 0. The van der Waals surface area contributed by atoms with Gasteiger partial charge >= 0.3 is 6.09 Å². The lowest BCUT2D eigenvalue weighted by Crippen LogP contribution is -2.61. The highest BCUT2D eigenvalue weighted by molar-refractivity contribution is 5.69. The van der Waals surface area contributed by atoms with E-state index in [2.05, 4.69) is 11.4 Å². The number of hydrogen-bond acceptors (Lipinski definition) is 4. The second kappa shape index (κ2) is 6.32. The van der Waals surface area contributed by atoms with Crippen molar-refractivity contribution in [2.45, 2.75) is 38.5 Å². The quantitative estimate of drug-likeness (QED) is 0.932. The number of nitriles is 1. The lowest BCUT2D eigenvalue weighted by atomic mass is 10.0. The van der Waals surface area contributed by atoms with Crippen LogP contribution in [0.15, 0.2) is 24.3 Å². The van der Waals surface area contributed by atoms with Gasteiger partial charge in [0.2, 0.25) is 0 Å². The molecule has 0 unspecified atom stereocenters. The van der Waals surface area contributed by atoms with E-state index in [-0.39, 0.29) is 12.1 Å². The van der Waals surface area contributed by atoms with Crippen LogP contribution in [0.3, 0.4) is 0 Å². The van der Waals surface area contributed by atoms with Gasteiger partial charge in [0.25, 0.3) is 0 Å². The molecule has 1 saturated heterocycles. The van der Waals surface area contributed by atoms with E-state index in [9.17, 15) is 14.4 Å². The number of halogens is 1. The molecule has 1 amide bonds. The van der Waals surface area contributed by atoms with Gasteiger partial charge in [-0.25, -0.2) is 9.18 Å². The molecule has 0 spiro atoms. The van der Waals surface area contributed by atoms with Gasteiger partial charge in [-0.05, 0) is 26.8 Å². The fourth-order valence-corrected chi connectivity index (χ4v) is 2.20. The van der Waals surface area contributed by atoms with E-state index in [1.54, 1.807) is 23.1 Å². The normalized spacial score (nSPS) is 16.6. The molecule has 1 atom stereocenters. The van der Waals surface area contributed by atoms with Crippen LogP contribution in [-0.2, 0) is 4.74 Å². The summed E-state index contributed by atoms with van der Waals surface area (Å²) in [5, 5.41) is 12.3. The number of benzene rings is 1. The fourth-order valence-electron chi connectivity index (χ4n) is 2.20. The molecule has 118 valence electrons. The summed E-state index contributed by atoms with van der Waals surface area (Å²) in [4.78, 5) is 13.4. The first-order chi connectivity index (χ1) is 10.3. The van der Waals surface area contributed by atoms with Crippen molar-refractivity contribution < 1.29 is 13.9 Å². The maximum Gasteiger partial charge on any atom is 0.410 e. The number of likely N-dealkylation sites (tertiary alicyclic amines) is 1. The molecule has 1 fully saturated rings. The van der Waals surface area contributed by atoms with E-state index in [4.69, 9.17) is 4.74 Å². The third-order valence-electron chi connectivity index (χ3n) is 3.28. The van der Waals surface area contributed by atoms with Crippen LogP contribution in [-0.4, -0.2) is 35.7 Å². The predicted molar refractivity (Wildman–Crippen MR) is 79.5 cm³/mol. The fraction of sp³-hybridized carbons (Fsp3) is 0.500. The lowest BCUT2D eigenvalue weighted by Gasteiger charge is -2.41. The van der Waals surface area contributed by atoms with E-state index in [0.717, 1.165) is 0 Å². The Balaban J connectivity index is 1.88. The second-order valence-electron chi connectivity index (χ2n) is 6.33. The molecule has 1 heterocycles. The molecule has 0 aliphatic carbocycles. The van der Waals surface area contributed by atoms with E-state index < -0.39 is 17.5 Å². The van der Waals surface area contributed by atoms with Crippen LogP contribution >= 0.6 is 0 Å². The Kier molecular flexibility index (Phi) is 4.67. The maximum absolute atomic E-state index is 13.7. The largest absolute Gasteiger partial charge is 0.444 e. The number of amides is 1. The van der Waals surface area contributed by atoms with Gasteiger partial charge in [0.1, 0.15) is 17.5 Å². The SMILES string of the molecule is CC(C)(C)OC(=O)N1CC(N[C@@H](C#N)c2ccccc2F)C1. The number of rotatable bonds is 3. The summed E-state index contributed by atoms with van der Waals surface area (Å²) in [5.74, 6) is -0.412. The predicted octanol–water partition coefficient (Wildman–Crippen LogP) is 2.60. The van der Waals surface area contributed by atoms with Gasteiger partial charge in [-0.1, -0.05) is 18.2 Å². The summed E-state index contributed by atoms with van der Waals surface area (Å²) in [6, 6.07) is 7.47. The Labute approximate surface area is 129 Å². The first kappa shape index (κ1) is 16.2. The van der Waals surface area contributed by atoms with Crippen LogP contribution in [0.5, 0.6) is 0 Å². The highest BCUT2D eigenvalue weighted by atomic mass is 19.1. The highest BCUT2D eigenvalue weighted by Crippen LogP contribution is 2.20. The summed E-state index contributed by atoms with van der Waals surface area (Å²) in [6.07, 6.45) is -0.370. The Morgan fingerprint density at radius 1 is 1.45 bits per heavy atom. The molecule has 2 rings (SSSR count). The van der Waals surface area contributed by atoms with Crippen molar-refractivity contribution in [3.63, 3.8) is 0 Å². The van der Waals surface area contributed by atoms with Crippen LogP contribution in [0.4, 0.5) is 9.18 Å². The molecular weight excluding hydrogens is 285 g/mol. The minimum atomic E-state index is -0.730. The van der Waals surface area contributed by atoms with Gasteiger partial charge in [-0.2, -0.15) is 5.26 Å². The molecule has 6 heteroatoms. The van der Waals surface area contributed by atoms with Crippen LogP contribution in [0.2, 0.25) is 0 Å². The van der Waals surface area contributed by atoms with Crippen molar-refractivity contribution >= 4 is 6.09 Å². The molecular formula is C16H20FN3O2. The monoisotopic (exact) mass is 305 g/mol. The van der Waals surface area contributed by atoms with Gasteiger partial charge in [0.05, 0.1) is 6.07 Å². The van der Waals surface area contributed by atoms with Crippen molar-refractivity contribution in [2.24, 2.45) is 0 Å². The Morgan fingerprint density at radius 2 is 2.09 bits per heavy atom. The lowest BCUT2D eigenvalue weighted by molar-refractivity contribution is 0.00471. The van der Waals surface area contributed by atoms with Gasteiger partial charge in [0.15, 0.2) is 0 Å². The minimum Gasteiger partial charge on any atom is -0.444 e. The summed E-state index contributed by atoms with van der Waals surface area (Å²) in [5.41, 5.74) is -0.210. The molecule has 0 bridgehead atoms. The molecule has 1 aliphatic heterocycles. The first-order valence-corrected chi connectivity index (χ1v) is 7.18. The zero-order valence-electron chi connectivity index (χ0n) is 13.0. The number of ether oxygens (including phenoxy) is 1. The molecule has 0 radical (unpaired) electrons. The van der Waals surface area contributed by atoms with E-state index in [1.807, 2.05) is 20.8 Å². The Morgan fingerprint density at radius 3 is 2.64 bits per heavy atom. The van der Waals surface area contributed by atoms with Crippen LogP contribution in [0.25, 0.3) is 0 Å². The van der Waals surface area contributed by atoms with E-state index in [0.29, 0.717) is 18.7 Å². The molecule has 1 N–H and O–H groups in total. The summed E-state index contributed by atoms with van der Waals surface area (Å²) in [7, 11) is 0. The Hall–Kier alpha value is -2.13. The maximum atomic E-state index is 13.7. The summed E-state index contributed by atoms with van der Waals surface area (Å²) < 4.78 is 19.0. The smallest absolute Gasteiger partial charge is 0.410 e. The van der Waals surface area contributed by atoms with Crippen molar-refractivity contribution in [1.29, 1.82) is 5.26 Å². The molecule has 1 aliphatic rings. The van der Waals surface area contributed by atoms with Gasteiger partial charge in [0, 0.05) is 24.7 Å². The van der Waals surface area contributed by atoms with E-state index in [1.165, 1.54) is 6.07 Å². The van der Waals surface area contributed by atoms with Gasteiger partial charge in [-0.3, -0.25) is 5.32 Å². The second-order valence-corrected chi connectivity index (χ2v) is 6.33. The number of carbonyl (C=O) groups is 1. The molecule has 0 saturated carbocycles. The van der Waals surface area contributed by atoms with Crippen molar-refractivity contribution in [1.82, 2.24) is 10.2 Å². The topological polar surface area (TPSA) is 65.4 Å². The van der Waals surface area contributed by atoms with Crippen molar-refractivity contribution in [3.8, 4) is 6.07 Å². The number of nitrogens with one attached hydrogen (secondary N) is 1. The highest BCUT2D eigenvalue weighted by Gasteiger charge is 2.35. The molecule has 22 heavy (non-hydrogen) atoms. The van der Waals surface area contributed by atoms with Crippen LogP contribution in [0, 0.1) is 17.1 Å². The summed E-state index contributed by atoms with van der Waals surface area (Å²) in [6.45, 7) is 6.32. The van der Waals surface area contributed by atoms with Gasteiger partial charge in [-0.15, -0.1) is 0 Å². The molecule has 1 aromatic rings. The Bertz CT molecular complexity index is 586. The number of hydrogen-bond donors (Lipinski definition) is 1. The number of carbonyl (C=O) groups excluding carboxylic acids is 1. The van der Waals surface area contributed by atoms with Crippen LogP contribution in [0.1, 0.15) is 32.4 Å². The third-order valence-corrected chi connectivity index (χ3v) is 3.28. The zero-order chi connectivity index (χ0) is 16.3. The van der Waals surface area contributed by atoms with Crippen molar-refractivity contribution in [2.75, 3.05) is 13.1 Å². The van der Waals surface area contributed by atoms with E-state index >= 15 is 0 Å². The first-order valence-electron chi connectivity index (χ1n) is 7.18. The van der Waals surface area contributed by atoms with Crippen LogP contribution < -0.4 is 5.32 Å². The molecule has 0 aromatic heterocycles. The third kappa shape index (κ3) is 3.95. The standard InChI is InChI=1S/C16H20FN3O2/c1-16(2,3)22-15(21)20-9-11(10-20)19-14(8-18)12-6-4-5-7-13(12)17/h4-7,11,14,19H,9-10H2,1-3H3/t14-/m0/s1. The van der Waals surface area contributed by atoms with Crippen molar-refractivity contribution in [3.05, 3.63) is 35.6 Å².